The first-order valence-corrected chi connectivity index (χ1v) is 8.36. The number of hydrogen-bond acceptors (Lipinski definition) is 6. The highest BCUT2D eigenvalue weighted by molar-refractivity contribution is 5.85. The molecule has 0 aliphatic carbocycles. The summed E-state index contributed by atoms with van der Waals surface area (Å²) in [4.78, 5) is 14.2. The van der Waals surface area contributed by atoms with E-state index in [4.69, 9.17) is 20.4 Å². The molecular formula is C16H29Cl2N5O. The van der Waals surface area contributed by atoms with E-state index in [0.29, 0.717) is 6.54 Å². The second-order valence-electron chi connectivity index (χ2n) is 6.27. The topological polar surface area (TPSA) is 67.5 Å². The molecule has 0 saturated carbocycles. The fraction of sp³-hybridized carbons (Fsp3) is 0.750. The summed E-state index contributed by atoms with van der Waals surface area (Å²) in [5, 5.41) is 0. The van der Waals surface area contributed by atoms with E-state index in [1.54, 1.807) is 0 Å². The van der Waals surface area contributed by atoms with E-state index in [1.165, 1.54) is 18.4 Å². The molecule has 8 heteroatoms. The van der Waals surface area contributed by atoms with E-state index >= 15 is 0 Å². The van der Waals surface area contributed by atoms with E-state index < -0.39 is 0 Å². The van der Waals surface area contributed by atoms with Gasteiger partial charge in [0.05, 0.1) is 12.7 Å². The number of aromatic nitrogens is 2. The molecule has 138 valence electrons. The Labute approximate surface area is 157 Å². The molecule has 3 heterocycles. The van der Waals surface area contributed by atoms with Crippen LogP contribution in [0.5, 0.6) is 0 Å². The predicted molar refractivity (Wildman–Crippen MR) is 103 cm³/mol. The molecule has 6 nitrogen and oxygen atoms in total. The summed E-state index contributed by atoms with van der Waals surface area (Å²) in [5.41, 5.74) is 7.93. The number of halogens is 2. The number of hydrogen-bond donors (Lipinski definition) is 1. The van der Waals surface area contributed by atoms with Gasteiger partial charge in [0.15, 0.2) is 0 Å². The minimum absolute atomic E-state index is 0. The lowest BCUT2D eigenvalue weighted by atomic mass is 10.1. The lowest BCUT2D eigenvalue weighted by molar-refractivity contribution is 0.0365. The summed E-state index contributed by atoms with van der Waals surface area (Å²) < 4.78 is 5.79. The van der Waals surface area contributed by atoms with Crippen LogP contribution in [0.25, 0.3) is 0 Å². The maximum atomic E-state index is 5.79. The lowest BCUT2D eigenvalue weighted by Crippen LogP contribution is -2.44. The van der Waals surface area contributed by atoms with Crippen LogP contribution in [0.15, 0.2) is 0 Å². The fourth-order valence-corrected chi connectivity index (χ4v) is 3.24. The Morgan fingerprint density at radius 2 is 1.79 bits per heavy atom. The highest BCUT2D eigenvalue weighted by Crippen LogP contribution is 2.26. The maximum absolute atomic E-state index is 5.79. The SMILES string of the molecule is Cc1nc(N2CCCC2)nc(N2CCOC(CCN)C2)c1C.Cl.Cl. The maximum Gasteiger partial charge on any atom is 0.227 e. The van der Waals surface area contributed by atoms with Crippen LogP contribution in [0.4, 0.5) is 11.8 Å². The Kier molecular flexibility index (Phi) is 8.50. The molecule has 0 aromatic carbocycles. The van der Waals surface area contributed by atoms with Crippen LogP contribution >= 0.6 is 24.8 Å². The molecule has 3 rings (SSSR count). The van der Waals surface area contributed by atoms with Gasteiger partial charge in [-0.05, 0) is 39.7 Å². The van der Waals surface area contributed by atoms with Crippen molar-refractivity contribution in [3.8, 4) is 0 Å². The molecule has 1 aromatic heterocycles. The number of aryl methyl sites for hydroxylation is 1. The second-order valence-corrected chi connectivity index (χ2v) is 6.27. The summed E-state index contributed by atoms with van der Waals surface area (Å²) in [6, 6.07) is 0. The van der Waals surface area contributed by atoms with Crippen LogP contribution in [-0.2, 0) is 4.74 Å². The normalized spacial score (nSPS) is 20.5. The average molecular weight is 378 g/mol. The molecule has 1 aromatic rings. The van der Waals surface area contributed by atoms with Crippen molar-refractivity contribution in [2.24, 2.45) is 5.73 Å². The van der Waals surface area contributed by atoms with E-state index in [-0.39, 0.29) is 30.9 Å². The molecule has 2 fully saturated rings. The van der Waals surface area contributed by atoms with Gasteiger partial charge in [0.25, 0.3) is 0 Å². The van der Waals surface area contributed by atoms with Crippen molar-refractivity contribution >= 4 is 36.6 Å². The molecule has 1 atom stereocenters. The van der Waals surface area contributed by atoms with Crippen molar-refractivity contribution in [3.63, 3.8) is 0 Å². The summed E-state index contributed by atoms with van der Waals surface area (Å²) in [5.74, 6) is 1.96. The molecule has 2 aliphatic heterocycles. The molecule has 0 radical (unpaired) electrons. The lowest BCUT2D eigenvalue weighted by Gasteiger charge is -2.35. The van der Waals surface area contributed by atoms with Gasteiger partial charge in [-0.25, -0.2) is 4.98 Å². The van der Waals surface area contributed by atoms with Crippen LogP contribution in [0.2, 0.25) is 0 Å². The van der Waals surface area contributed by atoms with Gasteiger partial charge in [-0.3, -0.25) is 0 Å². The molecule has 2 N–H and O–H groups in total. The van der Waals surface area contributed by atoms with Crippen LogP contribution in [-0.4, -0.2) is 55.4 Å². The van der Waals surface area contributed by atoms with Gasteiger partial charge in [-0.15, -0.1) is 24.8 Å². The summed E-state index contributed by atoms with van der Waals surface area (Å²) in [7, 11) is 0. The van der Waals surface area contributed by atoms with Crippen LogP contribution in [0.3, 0.4) is 0 Å². The molecule has 24 heavy (non-hydrogen) atoms. The zero-order valence-electron chi connectivity index (χ0n) is 14.5. The molecule has 0 bridgehead atoms. The minimum atomic E-state index is 0. The number of nitrogens with zero attached hydrogens (tertiary/aromatic N) is 4. The van der Waals surface area contributed by atoms with E-state index in [9.17, 15) is 0 Å². The van der Waals surface area contributed by atoms with Crippen molar-refractivity contribution in [2.45, 2.75) is 39.2 Å². The number of ether oxygens (including phenoxy) is 1. The van der Waals surface area contributed by atoms with Crippen LogP contribution in [0.1, 0.15) is 30.5 Å². The first kappa shape index (κ1) is 21.2. The zero-order valence-corrected chi connectivity index (χ0v) is 16.2. The third kappa shape index (κ3) is 4.63. The smallest absolute Gasteiger partial charge is 0.227 e. The summed E-state index contributed by atoms with van der Waals surface area (Å²) in [6.07, 6.45) is 3.59. The Balaban J connectivity index is 0.00000144. The van der Waals surface area contributed by atoms with Crippen molar-refractivity contribution < 1.29 is 4.74 Å². The standard InChI is InChI=1S/C16H27N5O.2ClH/c1-12-13(2)18-16(20-7-3-4-8-20)19-15(12)21-9-10-22-14(11-21)5-6-17;;/h14H,3-11,17H2,1-2H3;2*1H. The van der Waals surface area contributed by atoms with Crippen molar-refractivity contribution in [1.82, 2.24) is 9.97 Å². The van der Waals surface area contributed by atoms with E-state index in [1.807, 2.05) is 0 Å². The van der Waals surface area contributed by atoms with Crippen LogP contribution in [0, 0.1) is 13.8 Å². The fourth-order valence-electron chi connectivity index (χ4n) is 3.24. The van der Waals surface area contributed by atoms with Crippen molar-refractivity contribution in [2.75, 3.05) is 49.1 Å². The Morgan fingerprint density at radius 3 is 2.46 bits per heavy atom. The first-order chi connectivity index (χ1) is 10.7. The van der Waals surface area contributed by atoms with Gasteiger partial charge < -0.3 is 20.3 Å². The predicted octanol–water partition coefficient (Wildman–Crippen LogP) is 2.09. The zero-order chi connectivity index (χ0) is 15.5. The van der Waals surface area contributed by atoms with Gasteiger partial charge in [0.2, 0.25) is 5.95 Å². The number of rotatable bonds is 4. The Hall–Kier alpha value is -0.820. The highest BCUT2D eigenvalue weighted by atomic mass is 35.5. The third-order valence-corrected chi connectivity index (χ3v) is 4.67. The molecule has 0 spiro atoms. The molecule has 1 unspecified atom stereocenters. The number of nitrogens with two attached hydrogens (primary N) is 1. The highest BCUT2D eigenvalue weighted by Gasteiger charge is 2.25. The Bertz CT molecular complexity index is 523. The van der Waals surface area contributed by atoms with Crippen molar-refractivity contribution in [3.05, 3.63) is 11.3 Å². The monoisotopic (exact) mass is 377 g/mol. The molecule has 0 amide bonds. The minimum Gasteiger partial charge on any atom is -0.374 e. The van der Waals surface area contributed by atoms with E-state index in [2.05, 4.69) is 23.6 Å². The number of anilines is 2. The first-order valence-electron chi connectivity index (χ1n) is 8.36. The third-order valence-electron chi connectivity index (χ3n) is 4.67. The van der Waals surface area contributed by atoms with E-state index in [0.717, 1.165) is 56.7 Å². The van der Waals surface area contributed by atoms with Gasteiger partial charge in [0.1, 0.15) is 5.82 Å². The molecule has 2 saturated heterocycles. The number of morpholine rings is 1. The van der Waals surface area contributed by atoms with Gasteiger partial charge in [-0.2, -0.15) is 4.98 Å². The second kappa shape index (κ2) is 9.61. The van der Waals surface area contributed by atoms with Crippen molar-refractivity contribution in [1.29, 1.82) is 0 Å². The van der Waals surface area contributed by atoms with Gasteiger partial charge in [0, 0.05) is 37.4 Å². The van der Waals surface area contributed by atoms with Gasteiger partial charge >= 0.3 is 0 Å². The summed E-state index contributed by atoms with van der Waals surface area (Å²) >= 11 is 0. The largest absolute Gasteiger partial charge is 0.374 e. The Morgan fingerprint density at radius 1 is 1.08 bits per heavy atom. The average Bonchev–Trinajstić information content (AvgIpc) is 3.05. The molecule has 2 aliphatic rings. The summed E-state index contributed by atoms with van der Waals surface area (Å²) in [6.45, 7) is 9.50. The quantitative estimate of drug-likeness (QED) is 0.866. The van der Waals surface area contributed by atoms with Gasteiger partial charge in [-0.1, -0.05) is 0 Å². The molecular weight excluding hydrogens is 349 g/mol. The van der Waals surface area contributed by atoms with Crippen LogP contribution < -0.4 is 15.5 Å².